The number of carbonyl (C=O) groups is 1. The summed E-state index contributed by atoms with van der Waals surface area (Å²) in [6, 6.07) is 9.22. The van der Waals surface area contributed by atoms with Crippen molar-refractivity contribution in [1.29, 1.82) is 5.26 Å². The van der Waals surface area contributed by atoms with Crippen LogP contribution in [-0.4, -0.2) is 37.9 Å². The summed E-state index contributed by atoms with van der Waals surface area (Å²) < 4.78 is 21.2. The first-order valence-corrected chi connectivity index (χ1v) is 9.96. The van der Waals surface area contributed by atoms with Crippen molar-refractivity contribution in [3.05, 3.63) is 57.8 Å². The first-order valence-electron chi connectivity index (χ1n) is 9.58. The number of carbonyl (C=O) groups excluding carboxylic acids is 1. The SMILES string of the molecule is CCOc1ccc2cc([C@@H]3C(C#N)=C(N)OC(C)=C3C(=O)OCCOC)c(Cl)nc2c1. The topological polar surface area (TPSA) is 117 Å². The van der Waals surface area contributed by atoms with Gasteiger partial charge in [-0.3, -0.25) is 0 Å². The molecular formula is C22H22ClN3O5. The quantitative estimate of drug-likeness (QED) is 0.392. The van der Waals surface area contributed by atoms with Gasteiger partial charge in [0, 0.05) is 24.1 Å². The van der Waals surface area contributed by atoms with Crippen molar-refractivity contribution in [2.45, 2.75) is 19.8 Å². The second-order valence-corrected chi connectivity index (χ2v) is 7.04. The van der Waals surface area contributed by atoms with E-state index in [4.69, 9.17) is 36.3 Å². The van der Waals surface area contributed by atoms with E-state index in [9.17, 15) is 10.1 Å². The van der Waals surface area contributed by atoms with Gasteiger partial charge in [-0.05, 0) is 32.0 Å². The van der Waals surface area contributed by atoms with Crippen molar-refractivity contribution in [2.75, 3.05) is 26.9 Å². The number of esters is 1. The number of rotatable bonds is 7. The van der Waals surface area contributed by atoms with Crippen LogP contribution < -0.4 is 10.5 Å². The predicted octanol–water partition coefficient (Wildman–Crippen LogP) is 3.56. The van der Waals surface area contributed by atoms with Gasteiger partial charge in [0.2, 0.25) is 5.88 Å². The molecule has 0 amide bonds. The van der Waals surface area contributed by atoms with Crippen molar-refractivity contribution in [3.63, 3.8) is 0 Å². The third kappa shape index (κ3) is 4.58. The highest BCUT2D eigenvalue weighted by Crippen LogP contribution is 2.42. The molecule has 1 aromatic heterocycles. The molecule has 2 heterocycles. The van der Waals surface area contributed by atoms with Crippen LogP contribution in [0.5, 0.6) is 5.75 Å². The van der Waals surface area contributed by atoms with Crippen LogP contribution in [0, 0.1) is 11.3 Å². The highest BCUT2D eigenvalue weighted by molar-refractivity contribution is 6.30. The van der Waals surface area contributed by atoms with E-state index in [0.717, 1.165) is 5.39 Å². The van der Waals surface area contributed by atoms with E-state index in [2.05, 4.69) is 4.98 Å². The fraction of sp³-hybridized carbons (Fsp3) is 0.318. The maximum atomic E-state index is 12.9. The summed E-state index contributed by atoms with van der Waals surface area (Å²) in [4.78, 5) is 17.3. The van der Waals surface area contributed by atoms with Gasteiger partial charge < -0.3 is 24.7 Å². The molecule has 162 valence electrons. The number of fused-ring (bicyclic) bond motifs is 1. The van der Waals surface area contributed by atoms with E-state index >= 15 is 0 Å². The molecule has 8 nitrogen and oxygen atoms in total. The van der Waals surface area contributed by atoms with Crippen LogP contribution in [0.3, 0.4) is 0 Å². The lowest BCUT2D eigenvalue weighted by Crippen LogP contribution is -2.26. The molecule has 0 saturated heterocycles. The van der Waals surface area contributed by atoms with Crippen LogP contribution in [-0.2, 0) is 19.0 Å². The number of methoxy groups -OCH3 is 1. The molecule has 0 bridgehead atoms. The Kier molecular flexibility index (Phi) is 7.00. The lowest BCUT2D eigenvalue weighted by molar-refractivity contribution is -0.140. The molecule has 2 aromatic rings. The van der Waals surface area contributed by atoms with Crippen LogP contribution in [0.15, 0.2) is 47.1 Å². The molecule has 0 unspecified atom stereocenters. The van der Waals surface area contributed by atoms with Gasteiger partial charge in [0.15, 0.2) is 0 Å². The minimum atomic E-state index is -0.884. The molecule has 1 aromatic carbocycles. The Morgan fingerprint density at radius 1 is 1.35 bits per heavy atom. The Morgan fingerprint density at radius 3 is 2.81 bits per heavy atom. The van der Waals surface area contributed by atoms with E-state index in [-0.39, 0.29) is 41.2 Å². The number of benzene rings is 1. The van der Waals surface area contributed by atoms with E-state index < -0.39 is 11.9 Å². The summed E-state index contributed by atoms with van der Waals surface area (Å²) in [5.41, 5.74) is 7.21. The smallest absolute Gasteiger partial charge is 0.338 e. The maximum absolute atomic E-state index is 12.9. The summed E-state index contributed by atoms with van der Waals surface area (Å²) >= 11 is 6.52. The zero-order valence-electron chi connectivity index (χ0n) is 17.4. The first-order chi connectivity index (χ1) is 14.9. The normalized spacial score (nSPS) is 16.2. The molecular weight excluding hydrogens is 422 g/mol. The van der Waals surface area contributed by atoms with Crippen molar-refractivity contribution < 1.29 is 23.7 Å². The molecule has 0 saturated carbocycles. The first kappa shape index (κ1) is 22.4. The molecule has 1 atom stereocenters. The molecule has 3 rings (SSSR count). The monoisotopic (exact) mass is 443 g/mol. The summed E-state index contributed by atoms with van der Waals surface area (Å²) in [6.07, 6.45) is 0. The number of nitrogens with two attached hydrogens (primary N) is 1. The van der Waals surface area contributed by atoms with Crippen molar-refractivity contribution in [2.24, 2.45) is 5.73 Å². The Bertz CT molecular complexity index is 1120. The predicted molar refractivity (Wildman–Crippen MR) is 114 cm³/mol. The summed E-state index contributed by atoms with van der Waals surface area (Å²) in [6.45, 7) is 4.27. The largest absolute Gasteiger partial charge is 0.494 e. The van der Waals surface area contributed by atoms with Gasteiger partial charge in [-0.1, -0.05) is 11.6 Å². The molecule has 1 aliphatic heterocycles. The van der Waals surface area contributed by atoms with Crippen molar-refractivity contribution >= 4 is 28.5 Å². The summed E-state index contributed by atoms with van der Waals surface area (Å²) in [7, 11) is 1.50. The molecule has 9 heteroatoms. The van der Waals surface area contributed by atoms with Gasteiger partial charge in [0.05, 0.1) is 30.2 Å². The average molecular weight is 444 g/mol. The number of nitriles is 1. The third-order valence-electron chi connectivity index (χ3n) is 4.74. The van der Waals surface area contributed by atoms with E-state index in [1.165, 1.54) is 7.11 Å². The molecule has 0 radical (unpaired) electrons. The third-order valence-corrected chi connectivity index (χ3v) is 5.04. The van der Waals surface area contributed by atoms with Crippen LogP contribution in [0.25, 0.3) is 10.9 Å². The number of ether oxygens (including phenoxy) is 4. The highest BCUT2D eigenvalue weighted by Gasteiger charge is 2.38. The number of pyridine rings is 1. The lowest BCUT2D eigenvalue weighted by atomic mass is 9.83. The maximum Gasteiger partial charge on any atom is 0.338 e. The second-order valence-electron chi connectivity index (χ2n) is 6.68. The standard InChI is InChI=1S/C22H22ClN3O5/c1-4-29-14-6-5-13-9-15(20(23)26-17(13)10-14)19-16(11-24)21(25)31-12(2)18(19)22(27)30-8-7-28-3/h5-6,9-10,19H,4,7-8,25H2,1-3H3/t19-/m1/s1. The van der Waals surface area contributed by atoms with Gasteiger partial charge in [0.25, 0.3) is 0 Å². The van der Waals surface area contributed by atoms with Gasteiger partial charge in [0.1, 0.15) is 34.9 Å². The highest BCUT2D eigenvalue weighted by atomic mass is 35.5. The Labute approximate surface area is 184 Å². The van der Waals surface area contributed by atoms with Crippen LogP contribution in [0.2, 0.25) is 5.15 Å². The molecule has 0 aliphatic carbocycles. The molecule has 0 spiro atoms. The number of nitrogens with zero attached hydrogens (tertiary/aromatic N) is 2. The number of halogens is 1. The van der Waals surface area contributed by atoms with Gasteiger partial charge >= 0.3 is 5.97 Å². The van der Waals surface area contributed by atoms with E-state index in [1.807, 2.05) is 25.1 Å². The molecule has 2 N–H and O–H groups in total. The minimum Gasteiger partial charge on any atom is -0.494 e. The second kappa shape index (κ2) is 9.69. The van der Waals surface area contributed by atoms with E-state index in [0.29, 0.717) is 23.4 Å². The fourth-order valence-corrected chi connectivity index (χ4v) is 3.61. The zero-order chi connectivity index (χ0) is 22.5. The lowest BCUT2D eigenvalue weighted by Gasteiger charge is -2.27. The zero-order valence-corrected chi connectivity index (χ0v) is 18.2. The van der Waals surface area contributed by atoms with Gasteiger partial charge in [-0.15, -0.1) is 0 Å². The number of hydrogen-bond acceptors (Lipinski definition) is 8. The fourth-order valence-electron chi connectivity index (χ4n) is 3.35. The van der Waals surface area contributed by atoms with Crippen molar-refractivity contribution in [1.82, 2.24) is 4.98 Å². The van der Waals surface area contributed by atoms with Crippen molar-refractivity contribution in [3.8, 4) is 11.8 Å². The van der Waals surface area contributed by atoms with E-state index in [1.54, 1.807) is 19.1 Å². The minimum absolute atomic E-state index is 0.0455. The summed E-state index contributed by atoms with van der Waals surface area (Å²) in [5, 5.41) is 10.6. The molecule has 1 aliphatic rings. The van der Waals surface area contributed by atoms with Gasteiger partial charge in [-0.25, -0.2) is 9.78 Å². The molecule has 31 heavy (non-hydrogen) atoms. The average Bonchev–Trinajstić information content (AvgIpc) is 2.73. The Morgan fingerprint density at radius 2 is 2.13 bits per heavy atom. The van der Waals surface area contributed by atoms with Crippen LogP contribution in [0.1, 0.15) is 25.3 Å². The molecule has 0 fully saturated rings. The Hall–Kier alpha value is -3.28. The number of hydrogen-bond donors (Lipinski definition) is 1. The number of aromatic nitrogens is 1. The summed E-state index contributed by atoms with van der Waals surface area (Å²) in [5.74, 6) is -0.738. The van der Waals surface area contributed by atoms with Crippen LogP contribution >= 0.6 is 11.6 Å². The Balaban J connectivity index is 2.12. The van der Waals surface area contributed by atoms with Crippen LogP contribution in [0.4, 0.5) is 0 Å². The van der Waals surface area contributed by atoms with Gasteiger partial charge in [-0.2, -0.15) is 5.26 Å². The number of allylic oxidation sites excluding steroid dienone is 2.